The molecule has 45 heavy (non-hydrogen) atoms. The number of hydrogen-bond donors (Lipinski definition) is 2. The zero-order valence-corrected chi connectivity index (χ0v) is 25.1. The molecule has 0 bridgehead atoms. The van der Waals surface area contributed by atoms with Gasteiger partial charge in [-0.3, -0.25) is 9.89 Å². The summed E-state index contributed by atoms with van der Waals surface area (Å²) in [7, 11) is 2.19. The third-order valence-corrected chi connectivity index (χ3v) is 9.03. The van der Waals surface area contributed by atoms with E-state index in [9.17, 15) is 0 Å². The van der Waals surface area contributed by atoms with E-state index in [1.165, 1.54) is 39.1 Å². The second-order valence-electron chi connectivity index (χ2n) is 11.8. The van der Waals surface area contributed by atoms with Crippen molar-refractivity contribution in [2.75, 3.05) is 7.05 Å². The number of aliphatic imine (C=N–C) groups is 1. The number of nitrogens with zero attached hydrogens (tertiary/aromatic N) is 2. The van der Waals surface area contributed by atoms with E-state index in [0.717, 1.165) is 22.7 Å². The number of rotatable bonds is 5. The van der Waals surface area contributed by atoms with E-state index < -0.39 is 0 Å². The average Bonchev–Trinajstić information content (AvgIpc) is 3.12. The highest BCUT2D eigenvalue weighted by Gasteiger charge is 2.33. The Hall–Kier alpha value is -5.45. The topological polar surface area (TPSA) is 39.7 Å². The van der Waals surface area contributed by atoms with E-state index in [1.54, 1.807) is 0 Å². The van der Waals surface area contributed by atoms with Gasteiger partial charge in [-0.15, -0.1) is 0 Å². The van der Waals surface area contributed by atoms with Crippen molar-refractivity contribution in [3.8, 4) is 11.1 Å². The first-order valence-corrected chi connectivity index (χ1v) is 15.6. The van der Waals surface area contributed by atoms with Gasteiger partial charge in [-0.2, -0.15) is 0 Å². The maximum absolute atomic E-state index is 5.14. The van der Waals surface area contributed by atoms with Crippen molar-refractivity contribution >= 4 is 17.2 Å². The van der Waals surface area contributed by atoms with Gasteiger partial charge in [0.05, 0.1) is 17.8 Å². The molecule has 2 heterocycles. The molecule has 218 valence electrons. The molecule has 0 fully saturated rings. The van der Waals surface area contributed by atoms with Crippen LogP contribution in [0.15, 0.2) is 174 Å². The van der Waals surface area contributed by atoms with Gasteiger partial charge in [0, 0.05) is 16.8 Å². The predicted octanol–water partition coefficient (Wildman–Crippen LogP) is 8.05. The molecule has 2 aliphatic heterocycles. The van der Waals surface area contributed by atoms with E-state index in [0.29, 0.717) is 0 Å². The minimum atomic E-state index is -0.0339. The average molecular weight is 583 g/mol. The number of hydrogen-bond acceptors (Lipinski definition) is 4. The van der Waals surface area contributed by atoms with Crippen LogP contribution in [0.1, 0.15) is 28.4 Å². The van der Waals surface area contributed by atoms with Gasteiger partial charge in [0.15, 0.2) is 0 Å². The molecule has 0 radical (unpaired) electrons. The number of benzene rings is 4. The molecule has 4 nitrogen and oxygen atoms in total. The quantitative estimate of drug-likeness (QED) is 0.250. The number of likely N-dealkylation sites (N-methyl/N-ethyl adjacent to an activating group) is 1. The van der Waals surface area contributed by atoms with Gasteiger partial charge in [-0.1, -0.05) is 152 Å². The number of fused-ring (bicyclic) bond motifs is 2. The third kappa shape index (κ3) is 5.09. The number of amidine groups is 1. The Bertz CT molecular complexity index is 1960. The van der Waals surface area contributed by atoms with Crippen LogP contribution >= 0.6 is 0 Å². The third-order valence-electron chi connectivity index (χ3n) is 9.03. The lowest BCUT2D eigenvalue weighted by Crippen LogP contribution is -2.47. The van der Waals surface area contributed by atoms with Crippen molar-refractivity contribution in [3.63, 3.8) is 0 Å². The summed E-state index contributed by atoms with van der Waals surface area (Å²) in [5.74, 6) is 0.884. The summed E-state index contributed by atoms with van der Waals surface area (Å²) in [5.41, 5.74) is 11.7. The van der Waals surface area contributed by atoms with Gasteiger partial charge in [-0.05, 0) is 46.5 Å². The van der Waals surface area contributed by atoms with Crippen LogP contribution in [0, 0.1) is 0 Å². The molecule has 3 unspecified atom stereocenters. The predicted molar refractivity (Wildman–Crippen MR) is 186 cm³/mol. The molecule has 4 aliphatic rings. The summed E-state index contributed by atoms with van der Waals surface area (Å²) >= 11 is 0. The molecule has 2 aliphatic carbocycles. The molecular formula is C41H34N4. The fraction of sp³-hybridized carbons (Fsp3) is 0.0976. The van der Waals surface area contributed by atoms with Crippen LogP contribution in [0.2, 0.25) is 0 Å². The molecule has 0 amide bonds. The fourth-order valence-electron chi connectivity index (χ4n) is 6.71. The highest BCUT2D eigenvalue weighted by Crippen LogP contribution is 2.37. The first-order valence-electron chi connectivity index (χ1n) is 15.6. The van der Waals surface area contributed by atoms with E-state index in [1.807, 2.05) is 0 Å². The van der Waals surface area contributed by atoms with Crippen LogP contribution in [-0.2, 0) is 0 Å². The molecule has 3 atom stereocenters. The van der Waals surface area contributed by atoms with Gasteiger partial charge in [-0.25, -0.2) is 0 Å². The van der Waals surface area contributed by atoms with Gasteiger partial charge in [0.1, 0.15) is 12.0 Å². The Balaban J connectivity index is 1.13. The maximum atomic E-state index is 5.14. The summed E-state index contributed by atoms with van der Waals surface area (Å²) in [6.45, 7) is 0. The van der Waals surface area contributed by atoms with Crippen LogP contribution in [0.4, 0.5) is 0 Å². The standard InChI is InChI=1S/C41H34N4/c1-45-37-22-11-9-20-35(37)39(44-41(45)31-15-6-3-7-16-31)30-25-23-29(24-26-30)38-34-19-8-10-21-36(34)42-40(43-38)33-18-12-17-32(27-33)28-13-4-2-5-14-28/h2-27,36-37,41,44H,1H3,(H,42,43). The van der Waals surface area contributed by atoms with Gasteiger partial charge in [0.2, 0.25) is 0 Å². The molecule has 4 heteroatoms. The summed E-state index contributed by atoms with van der Waals surface area (Å²) in [6, 6.07) is 38.9. The van der Waals surface area contributed by atoms with Crippen molar-refractivity contribution < 1.29 is 0 Å². The van der Waals surface area contributed by atoms with Crippen molar-refractivity contribution in [2.24, 2.45) is 4.99 Å². The Kier molecular flexibility index (Phi) is 6.97. The lowest BCUT2D eigenvalue weighted by molar-refractivity contribution is 0.195. The van der Waals surface area contributed by atoms with E-state index in [4.69, 9.17) is 4.99 Å². The molecular weight excluding hydrogens is 548 g/mol. The molecule has 8 rings (SSSR count). The molecule has 0 aromatic heterocycles. The van der Waals surface area contributed by atoms with E-state index >= 15 is 0 Å². The van der Waals surface area contributed by atoms with Crippen LogP contribution < -0.4 is 10.6 Å². The fourth-order valence-corrected chi connectivity index (χ4v) is 6.71. The van der Waals surface area contributed by atoms with Crippen LogP contribution in [-0.4, -0.2) is 29.9 Å². The SMILES string of the molecule is CN1C2C=CC=CC2=C(c2ccc(C3=C4C=CC=CC4N=C(c4cccc(-c5ccccc5)c4)N3)cc2)NC1c1ccccc1. The zero-order chi connectivity index (χ0) is 30.2. The van der Waals surface area contributed by atoms with E-state index in [-0.39, 0.29) is 18.2 Å². The van der Waals surface area contributed by atoms with Crippen LogP contribution in [0.3, 0.4) is 0 Å². The first-order chi connectivity index (χ1) is 22.2. The second-order valence-corrected chi connectivity index (χ2v) is 11.8. The highest BCUT2D eigenvalue weighted by molar-refractivity contribution is 6.06. The monoisotopic (exact) mass is 582 g/mol. The molecule has 0 spiro atoms. The van der Waals surface area contributed by atoms with Crippen molar-refractivity contribution in [2.45, 2.75) is 18.2 Å². The largest absolute Gasteiger partial charge is 0.365 e. The smallest absolute Gasteiger partial charge is 0.133 e. The lowest BCUT2D eigenvalue weighted by atomic mass is 9.90. The normalized spacial score (nSPS) is 22.0. The van der Waals surface area contributed by atoms with Gasteiger partial charge in [0.25, 0.3) is 0 Å². The number of allylic oxidation sites excluding steroid dienone is 4. The lowest BCUT2D eigenvalue weighted by Gasteiger charge is -2.42. The van der Waals surface area contributed by atoms with Crippen molar-refractivity contribution in [1.29, 1.82) is 0 Å². The summed E-state index contributed by atoms with van der Waals surface area (Å²) in [4.78, 5) is 7.54. The molecule has 0 saturated heterocycles. The minimum Gasteiger partial charge on any atom is -0.365 e. The Morgan fingerprint density at radius 3 is 2.00 bits per heavy atom. The minimum absolute atomic E-state index is 0.0339. The highest BCUT2D eigenvalue weighted by atomic mass is 15.3. The van der Waals surface area contributed by atoms with Crippen LogP contribution in [0.25, 0.3) is 22.5 Å². The Labute approximate surface area is 264 Å². The summed E-state index contributed by atoms with van der Waals surface area (Å²) in [6.07, 6.45) is 17.4. The maximum Gasteiger partial charge on any atom is 0.133 e. The zero-order valence-electron chi connectivity index (χ0n) is 25.1. The van der Waals surface area contributed by atoms with Crippen molar-refractivity contribution in [1.82, 2.24) is 15.5 Å². The van der Waals surface area contributed by atoms with Crippen LogP contribution in [0.5, 0.6) is 0 Å². The molecule has 2 N–H and O–H groups in total. The van der Waals surface area contributed by atoms with Gasteiger partial charge < -0.3 is 10.6 Å². The van der Waals surface area contributed by atoms with Gasteiger partial charge >= 0.3 is 0 Å². The summed E-state index contributed by atoms with van der Waals surface area (Å²) in [5, 5.41) is 7.61. The Morgan fingerprint density at radius 2 is 1.22 bits per heavy atom. The van der Waals surface area contributed by atoms with E-state index in [2.05, 4.69) is 180 Å². The Morgan fingerprint density at radius 1 is 0.578 bits per heavy atom. The van der Waals surface area contributed by atoms with Crippen molar-refractivity contribution in [3.05, 3.63) is 191 Å². The second kappa shape index (κ2) is 11.6. The first kappa shape index (κ1) is 27.1. The molecule has 4 aromatic carbocycles. The molecule has 0 saturated carbocycles. The summed E-state index contributed by atoms with van der Waals surface area (Å²) < 4.78 is 0. The molecule has 4 aromatic rings. The number of nitrogens with one attached hydrogen (secondary N) is 2.